The topological polar surface area (TPSA) is 55.1 Å². The van der Waals surface area contributed by atoms with E-state index in [0.717, 1.165) is 16.3 Å². The van der Waals surface area contributed by atoms with Crippen molar-refractivity contribution in [2.45, 2.75) is 31.7 Å². The Balaban J connectivity index is 2.77. The van der Waals surface area contributed by atoms with Crippen molar-refractivity contribution >= 4 is 23.4 Å². The molecule has 0 heterocycles. The van der Waals surface area contributed by atoms with Gasteiger partial charge < -0.3 is 11.1 Å². The number of benzene rings is 1. The van der Waals surface area contributed by atoms with Gasteiger partial charge in [-0.2, -0.15) is 0 Å². The molecular formula is C13H20N2OS. The van der Waals surface area contributed by atoms with Crippen LogP contribution in [-0.4, -0.2) is 17.7 Å². The molecule has 0 aliphatic heterocycles. The van der Waals surface area contributed by atoms with Gasteiger partial charge in [-0.25, -0.2) is 0 Å². The standard InChI is InChI=1S/C13H20N2OS/c1-4-17-11-8-6-5-7-10(11)15-13(16)12(14)9(2)3/h5-9,12H,4,14H2,1-3H3,(H,15,16)/t12-/m1/s1. The van der Waals surface area contributed by atoms with E-state index in [9.17, 15) is 4.79 Å². The maximum Gasteiger partial charge on any atom is 0.241 e. The molecule has 3 nitrogen and oxygen atoms in total. The summed E-state index contributed by atoms with van der Waals surface area (Å²) >= 11 is 1.71. The van der Waals surface area contributed by atoms with Crippen LogP contribution in [0.2, 0.25) is 0 Å². The van der Waals surface area contributed by atoms with Crippen molar-refractivity contribution in [3.05, 3.63) is 24.3 Å². The molecule has 1 aromatic carbocycles. The zero-order chi connectivity index (χ0) is 12.8. The molecule has 0 unspecified atom stereocenters. The summed E-state index contributed by atoms with van der Waals surface area (Å²) in [5.41, 5.74) is 6.66. The van der Waals surface area contributed by atoms with Gasteiger partial charge in [-0.3, -0.25) is 4.79 Å². The van der Waals surface area contributed by atoms with Crippen molar-refractivity contribution < 1.29 is 4.79 Å². The number of thioether (sulfide) groups is 1. The minimum atomic E-state index is -0.463. The Labute approximate surface area is 107 Å². The van der Waals surface area contributed by atoms with Crippen LogP contribution in [0.15, 0.2) is 29.2 Å². The lowest BCUT2D eigenvalue weighted by atomic mass is 10.1. The van der Waals surface area contributed by atoms with Gasteiger partial charge in [0.15, 0.2) is 0 Å². The molecule has 0 bridgehead atoms. The van der Waals surface area contributed by atoms with Gasteiger partial charge in [0.1, 0.15) is 0 Å². The second-order valence-corrected chi connectivity index (χ2v) is 5.49. The molecule has 0 spiro atoms. The van der Waals surface area contributed by atoms with E-state index in [2.05, 4.69) is 12.2 Å². The number of hydrogen-bond donors (Lipinski definition) is 2. The fraction of sp³-hybridized carbons (Fsp3) is 0.462. The number of nitrogens with two attached hydrogens (primary N) is 1. The van der Waals surface area contributed by atoms with Crippen LogP contribution in [0.1, 0.15) is 20.8 Å². The molecule has 94 valence electrons. The molecule has 0 aliphatic rings. The summed E-state index contributed by atoms with van der Waals surface area (Å²) in [4.78, 5) is 12.9. The van der Waals surface area contributed by atoms with Crippen LogP contribution in [-0.2, 0) is 4.79 Å². The Hall–Kier alpha value is -1.00. The second kappa shape index (κ2) is 6.67. The molecular weight excluding hydrogens is 232 g/mol. The highest BCUT2D eigenvalue weighted by atomic mass is 32.2. The average Bonchev–Trinajstić information content (AvgIpc) is 2.30. The lowest BCUT2D eigenvalue weighted by Gasteiger charge is -2.16. The van der Waals surface area contributed by atoms with Gasteiger partial charge in [-0.05, 0) is 23.8 Å². The highest BCUT2D eigenvalue weighted by Gasteiger charge is 2.17. The summed E-state index contributed by atoms with van der Waals surface area (Å²) in [7, 11) is 0. The van der Waals surface area contributed by atoms with E-state index in [0.29, 0.717) is 0 Å². The van der Waals surface area contributed by atoms with Gasteiger partial charge in [-0.1, -0.05) is 32.9 Å². The lowest BCUT2D eigenvalue weighted by molar-refractivity contribution is -0.118. The summed E-state index contributed by atoms with van der Waals surface area (Å²) in [6.07, 6.45) is 0. The molecule has 1 atom stereocenters. The maximum atomic E-state index is 11.9. The molecule has 1 aromatic rings. The van der Waals surface area contributed by atoms with Gasteiger partial charge in [0.2, 0.25) is 5.91 Å². The van der Waals surface area contributed by atoms with E-state index < -0.39 is 6.04 Å². The Bertz CT molecular complexity index is 379. The highest BCUT2D eigenvalue weighted by Crippen LogP contribution is 2.26. The van der Waals surface area contributed by atoms with Crippen LogP contribution in [0, 0.1) is 5.92 Å². The average molecular weight is 252 g/mol. The molecule has 0 aliphatic carbocycles. The summed E-state index contributed by atoms with van der Waals surface area (Å²) in [6.45, 7) is 5.97. The summed E-state index contributed by atoms with van der Waals surface area (Å²) in [5.74, 6) is 0.994. The zero-order valence-electron chi connectivity index (χ0n) is 10.6. The second-order valence-electron chi connectivity index (χ2n) is 4.19. The Morgan fingerprint density at radius 1 is 1.41 bits per heavy atom. The van der Waals surface area contributed by atoms with Crippen molar-refractivity contribution in [2.75, 3.05) is 11.1 Å². The van der Waals surface area contributed by atoms with Crippen LogP contribution in [0.3, 0.4) is 0 Å². The zero-order valence-corrected chi connectivity index (χ0v) is 11.4. The van der Waals surface area contributed by atoms with Gasteiger partial charge >= 0.3 is 0 Å². The Kier molecular flexibility index (Phi) is 5.51. The molecule has 0 saturated heterocycles. The third-order valence-corrected chi connectivity index (χ3v) is 3.42. The maximum absolute atomic E-state index is 11.9. The van der Waals surface area contributed by atoms with Crippen LogP contribution < -0.4 is 11.1 Å². The summed E-state index contributed by atoms with van der Waals surface area (Å²) in [6, 6.07) is 7.33. The van der Waals surface area contributed by atoms with Crippen LogP contribution >= 0.6 is 11.8 Å². The molecule has 0 aromatic heterocycles. The molecule has 4 heteroatoms. The number of amides is 1. The quantitative estimate of drug-likeness (QED) is 0.792. The first kappa shape index (κ1) is 14.1. The first-order valence-electron chi connectivity index (χ1n) is 5.84. The minimum absolute atomic E-state index is 0.121. The normalized spacial score (nSPS) is 12.5. The Morgan fingerprint density at radius 2 is 2.06 bits per heavy atom. The summed E-state index contributed by atoms with van der Waals surface area (Å²) in [5, 5.41) is 2.89. The lowest BCUT2D eigenvalue weighted by Crippen LogP contribution is -2.39. The number of carbonyl (C=O) groups excluding carboxylic acids is 1. The smallest absolute Gasteiger partial charge is 0.241 e. The fourth-order valence-electron chi connectivity index (χ4n) is 1.37. The largest absolute Gasteiger partial charge is 0.324 e. The van der Waals surface area contributed by atoms with E-state index >= 15 is 0 Å². The van der Waals surface area contributed by atoms with E-state index in [1.165, 1.54) is 0 Å². The first-order chi connectivity index (χ1) is 8.06. The third kappa shape index (κ3) is 4.06. The van der Waals surface area contributed by atoms with E-state index in [1.54, 1.807) is 11.8 Å². The number of para-hydroxylation sites is 1. The molecule has 1 amide bonds. The van der Waals surface area contributed by atoms with E-state index in [4.69, 9.17) is 5.73 Å². The van der Waals surface area contributed by atoms with Gasteiger partial charge in [0.25, 0.3) is 0 Å². The molecule has 1 rings (SSSR count). The number of rotatable bonds is 5. The van der Waals surface area contributed by atoms with Gasteiger partial charge in [-0.15, -0.1) is 11.8 Å². The van der Waals surface area contributed by atoms with Crippen molar-refractivity contribution in [1.82, 2.24) is 0 Å². The van der Waals surface area contributed by atoms with Crippen molar-refractivity contribution in [1.29, 1.82) is 0 Å². The van der Waals surface area contributed by atoms with Gasteiger partial charge in [0, 0.05) is 4.90 Å². The van der Waals surface area contributed by atoms with Crippen molar-refractivity contribution in [3.8, 4) is 0 Å². The predicted octanol–water partition coefficient (Wildman–Crippen LogP) is 2.72. The molecule has 0 saturated carbocycles. The number of carbonyl (C=O) groups is 1. The predicted molar refractivity (Wildman–Crippen MR) is 74.3 cm³/mol. The highest BCUT2D eigenvalue weighted by molar-refractivity contribution is 7.99. The molecule has 0 fully saturated rings. The fourth-order valence-corrected chi connectivity index (χ4v) is 2.13. The first-order valence-corrected chi connectivity index (χ1v) is 6.83. The monoisotopic (exact) mass is 252 g/mol. The molecule has 3 N–H and O–H groups in total. The van der Waals surface area contributed by atoms with E-state index in [1.807, 2.05) is 38.1 Å². The van der Waals surface area contributed by atoms with Crippen LogP contribution in [0.5, 0.6) is 0 Å². The number of hydrogen-bond acceptors (Lipinski definition) is 3. The van der Waals surface area contributed by atoms with Crippen molar-refractivity contribution in [3.63, 3.8) is 0 Å². The molecule has 0 radical (unpaired) electrons. The Morgan fingerprint density at radius 3 is 2.65 bits per heavy atom. The van der Waals surface area contributed by atoms with Gasteiger partial charge in [0.05, 0.1) is 11.7 Å². The molecule has 17 heavy (non-hydrogen) atoms. The van der Waals surface area contributed by atoms with E-state index in [-0.39, 0.29) is 11.8 Å². The van der Waals surface area contributed by atoms with Crippen molar-refractivity contribution in [2.24, 2.45) is 11.7 Å². The number of anilines is 1. The van der Waals surface area contributed by atoms with Crippen LogP contribution in [0.25, 0.3) is 0 Å². The SMILES string of the molecule is CCSc1ccccc1NC(=O)[C@H](N)C(C)C. The summed E-state index contributed by atoms with van der Waals surface area (Å²) < 4.78 is 0. The minimum Gasteiger partial charge on any atom is -0.324 e. The van der Waals surface area contributed by atoms with Crippen LogP contribution in [0.4, 0.5) is 5.69 Å². The third-order valence-electron chi connectivity index (χ3n) is 2.47. The number of nitrogens with one attached hydrogen (secondary N) is 1.